The van der Waals surface area contributed by atoms with Gasteiger partial charge >= 0.3 is 0 Å². The highest BCUT2D eigenvalue weighted by atomic mass is 35.5. The molecule has 1 amide bonds. The molecule has 0 unspecified atom stereocenters. The zero-order valence-corrected chi connectivity index (χ0v) is 22.4. The fraction of sp³-hybridized carbons (Fsp3) is 0.296. The highest BCUT2D eigenvalue weighted by Gasteiger charge is 2.16. The molecule has 6 nitrogen and oxygen atoms in total. The molecule has 0 aliphatic carbocycles. The summed E-state index contributed by atoms with van der Waals surface area (Å²) in [5.74, 6) is 1.02. The number of allylic oxidation sites excluding steroid dienone is 2. The fourth-order valence-electron chi connectivity index (χ4n) is 3.55. The van der Waals surface area contributed by atoms with Gasteiger partial charge < -0.3 is 14.5 Å². The van der Waals surface area contributed by atoms with Crippen molar-refractivity contribution in [3.63, 3.8) is 0 Å². The van der Waals surface area contributed by atoms with Crippen LogP contribution >= 0.6 is 23.4 Å². The number of nitrogens with zero attached hydrogens (tertiary/aromatic N) is 4. The summed E-state index contributed by atoms with van der Waals surface area (Å²) in [6.07, 6.45) is 7.09. The number of pyridine rings is 2. The molecule has 0 aliphatic heterocycles. The van der Waals surface area contributed by atoms with Gasteiger partial charge in [-0.3, -0.25) is 9.78 Å². The molecule has 0 spiro atoms. The lowest BCUT2D eigenvalue weighted by Crippen LogP contribution is -2.27. The van der Waals surface area contributed by atoms with Gasteiger partial charge in [-0.2, -0.15) is 0 Å². The van der Waals surface area contributed by atoms with Crippen LogP contribution in [0.3, 0.4) is 0 Å². The summed E-state index contributed by atoms with van der Waals surface area (Å²) in [4.78, 5) is 25.8. The molecule has 2 heterocycles. The highest BCUT2D eigenvalue weighted by molar-refractivity contribution is 8.00. The van der Waals surface area contributed by atoms with E-state index < -0.39 is 0 Å². The molecule has 8 heteroatoms. The standard InChI is InChI=1S/C27H31ClN4O2S/c1-7-10-23(31(4)5)20-13-18(3)30-27-19(20)11-9-12-24(27)34-16-21-22(28)14-29-15-25(21)35-17-26(33)32(6)8-2/h7,9-15H,1,8,16-17H2,2-6H3/b23-10-. The summed E-state index contributed by atoms with van der Waals surface area (Å²) in [6, 6.07) is 7.98. The van der Waals surface area contributed by atoms with Gasteiger partial charge in [0.1, 0.15) is 17.9 Å². The Morgan fingerprint density at radius 2 is 2.03 bits per heavy atom. The monoisotopic (exact) mass is 510 g/mol. The Bertz CT molecular complexity index is 1260. The predicted octanol–water partition coefficient (Wildman–Crippen LogP) is 5.83. The zero-order valence-electron chi connectivity index (χ0n) is 20.8. The van der Waals surface area contributed by atoms with Crippen LogP contribution in [0.2, 0.25) is 5.02 Å². The third-order valence-corrected chi connectivity index (χ3v) is 6.93. The Morgan fingerprint density at radius 1 is 1.26 bits per heavy atom. The molecule has 1 aromatic carbocycles. The summed E-state index contributed by atoms with van der Waals surface area (Å²) in [7, 11) is 5.80. The summed E-state index contributed by atoms with van der Waals surface area (Å²) in [5.41, 5.74) is 4.55. The van der Waals surface area contributed by atoms with E-state index in [1.807, 2.05) is 52.2 Å². The maximum Gasteiger partial charge on any atom is 0.232 e. The number of benzene rings is 1. The van der Waals surface area contributed by atoms with Crippen LogP contribution in [0, 0.1) is 6.92 Å². The number of ether oxygens (including phenoxy) is 1. The molecule has 0 radical (unpaired) electrons. The first-order valence-corrected chi connectivity index (χ1v) is 12.7. The molecule has 3 rings (SSSR count). The molecular weight excluding hydrogens is 480 g/mol. The van der Waals surface area contributed by atoms with Crippen molar-refractivity contribution in [2.24, 2.45) is 0 Å². The van der Waals surface area contributed by atoms with Gasteiger partial charge in [0.05, 0.1) is 10.8 Å². The van der Waals surface area contributed by atoms with E-state index in [1.54, 1.807) is 30.4 Å². The molecule has 0 fully saturated rings. The Hall–Kier alpha value is -3.03. The molecule has 0 bridgehead atoms. The SMILES string of the molecule is C=C/C=C(/c1cc(C)nc2c(OCc3c(Cl)cncc3SCC(=O)N(C)CC)cccc12)N(C)C. The highest BCUT2D eigenvalue weighted by Crippen LogP contribution is 2.34. The van der Waals surface area contributed by atoms with E-state index in [1.165, 1.54) is 11.8 Å². The van der Waals surface area contributed by atoms with Crippen molar-refractivity contribution in [1.82, 2.24) is 19.8 Å². The number of para-hydroxylation sites is 1. The second-order valence-electron chi connectivity index (χ2n) is 8.23. The molecule has 0 aliphatic rings. The van der Waals surface area contributed by atoms with Crippen LogP contribution in [-0.2, 0) is 11.4 Å². The third kappa shape index (κ3) is 6.35. The molecule has 35 heavy (non-hydrogen) atoms. The number of amides is 1. The van der Waals surface area contributed by atoms with Crippen LogP contribution < -0.4 is 4.74 Å². The van der Waals surface area contributed by atoms with Gasteiger partial charge in [0.15, 0.2) is 0 Å². The Labute approximate surface area is 216 Å². The first kappa shape index (κ1) is 26.6. The number of halogens is 1. The summed E-state index contributed by atoms with van der Waals surface area (Å²) >= 11 is 7.90. The van der Waals surface area contributed by atoms with E-state index in [-0.39, 0.29) is 12.5 Å². The van der Waals surface area contributed by atoms with E-state index in [2.05, 4.69) is 22.5 Å². The lowest BCUT2D eigenvalue weighted by molar-refractivity contribution is -0.126. The minimum atomic E-state index is 0.0508. The van der Waals surface area contributed by atoms with E-state index in [9.17, 15) is 4.79 Å². The zero-order chi connectivity index (χ0) is 25.5. The molecule has 3 aromatic rings. The van der Waals surface area contributed by atoms with Gasteiger partial charge in [-0.15, -0.1) is 11.8 Å². The third-order valence-electron chi connectivity index (χ3n) is 5.55. The number of rotatable bonds is 10. The van der Waals surface area contributed by atoms with Gasteiger partial charge in [0.2, 0.25) is 5.91 Å². The van der Waals surface area contributed by atoms with Gasteiger partial charge in [0.25, 0.3) is 0 Å². The number of carbonyl (C=O) groups is 1. The van der Waals surface area contributed by atoms with Crippen LogP contribution in [0.4, 0.5) is 0 Å². The molecular formula is C27H31ClN4O2S. The van der Waals surface area contributed by atoms with Gasteiger partial charge in [-0.05, 0) is 32.1 Å². The molecule has 0 saturated heterocycles. The van der Waals surface area contributed by atoms with Crippen LogP contribution in [0.1, 0.15) is 23.7 Å². The van der Waals surface area contributed by atoms with Crippen LogP contribution in [-0.4, -0.2) is 59.1 Å². The molecule has 2 aromatic heterocycles. The van der Waals surface area contributed by atoms with Crippen molar-refractivity contribution in [2.75, 3.05) is 33.4 Å². The van der Waals surface area contributed by atoms with Gasteiger partial charge in [-0.25, -0.2) is 4.98 Å². The second kappa shape index (κ2) is 12.1. The number of hydrogen-bond acceptors (Lipinski definition) is 6. The lowest BCUT2D eigenvalue weighted by atomic mass is 10.0. The first-order valence-electron chi connectivity index (χ1n) is 11.3. The summed E-state index contributed by atoms with van der Waals surface area (Å²) < 4.78 is 6.28. The topological polar surface area (TPSA) is 58.6 Å². The maximum absolute atomic E-state index is 12.3. The van der Waals surface area contributed by atoms with E-state index >= 15 is 0 Å². The average Bonchev–Trinajstić information content (AvgIpc) is 2.84. The maximum atomic E-state index is 12.3. The molecule has 0 saturated carbocycles. The molecule has 0 atom stereocenters. The number of thioether (sulfide) groups is 1. The van der Waals surface area contributed by atoms with Gasteiger partial charge in [0, 0.05) is 72.9 Å². The number of aryl methyl sites for hydroxylation is 1. The van der Waals surface area contributed by atoms with Crippen LogP contribution in [0.15, 0.2) is 60.3 Å². The second-order valence-corrected chi connectivity index (χ2v) is 9.65. The van der Waals surface area contributed by atoms with Crippen molar-refractivity contribution < 1.29 is 9.53 Å². The van der Waals surface area contributed by atoms with E-state index in [0.29, 0.717) is 23.1 Å². The minimum absolute atomic E-state index is 0.0508. The van der Waals surface area contributed by atoms with E-state index in [4.69, 9.17) is 21.3 Å². The van der Waals surface area contributed by atoms with Crippen molar-refractivity contribution in [2.45, 2.75) is 25.3 Å². The quantitative estimate of drug-likeness (QED) is 0.252. The fourth-order valence-corrected chi connectivity index (χ4v) is 4.80. The number of aromatic nitrogens is 2. The van der Waals surface area contributed by atoms with Gasteiger partial charge in [-0.1, -0.05) is 36.4 Å². The smallest absolute Gasteiger partial charge is 0.232 e. The van der Waals surface area contributed by atoms with Crippen molar-refractivity contribution in [3.05, 3.63) is 77.2 Å². The van der Waals surface area contributed by atoms with E-state index in [0.717, 1.165) is 38.3 Å². The summed E-state index contributed by atoms with van der Waals surface area (Å²) in [6.45, 7) is 8.67. The average molecular weight is 511 g/mol. The normalized spacial score (nSPS) is 11.4. The molecule has 184 valence electrons. The van der Waals surface area contributed by atoms with Crippen LogP contribution in [0.5, 0.6) is 5.75 Å². The van der Waals surface area contributed by atoms with Crippen molar-refractivity contribution in [1.29, 1.82) is 0 Å². The van der Waals surface area contributed by atoms with Crippen LogP contribution in [0.25, 0.3) is 16.6 Å². The predicted molar refractivity (Wildman–Crippen MR) is 146 cm³/mol. The van der Waals surface area contributed by atoms with Crippen molar-refractivity contribution >= 4 is 45.9 Å². The number of carbonyl (C=O) groups excluding carboxylic acids is 1. The first-order chi connectivity index (χ1) is 16.8. The Kier molecular flexibility index (Phi) is 9.18. The minimum Gasteiger partial charge on any atom is -0.487 e. The number of fused-ring (bicyclic) bond motifs is 1. The van der Waals surface area contributed by atoms with Crippen molar-refractivity contribution in [3.8, 4) is 5.75 Å². The largest absolute Gasteiger partial charge is 0.487 e. The Morgan fingerprint density at radius 3 is 2.71 bits per heavy atom. The number of hydrogen-bond donors (Lipinski definition) is 0. The Balaban J connectivity index is 1.94. The lowest BCUT2D eigenvalue weighted by Gasteiger charge is -2.20. The molecule has 0 N–H and O–H groups in total. The summed E-state index contributed by atoms with van der Waals surface area (Å²) in [5, 5.41) is 1.48.